The summed E-state index contributed by atoms with van der Waals surface area (Å²) in [5.41, 5.74) is 0. The van der Waals surface area contributed by atoms with E-state index in [4.69, 9.17) is 5.11 Å². The molecule has 4 heteroatoms. The third kappa shape index (κ3) is 13.2. The van der Waals surface area contributed by atoms with E-state index in [-0.39, 0.29) is 6.61 Å². The Morgan fingerprint density at radius 2 is 1.21 bits per heavy atom. The van der Waals surface area contributed by atoms with Gasteiger partial charge in [-0.05, 0) is 6.42 Å². The number of hydrogen-bond acceptors (Lipinski definition) is 3. The molecule has 0 aliphatic carbocycles. The van der Waals surface area contributed by atoms with Crippen molar-refractivity contribution in [2.24, 2.45) is 0 Å². The van der Waals surface area contributed by atoms with Crippen molar-refractivity contribution in [3.8, 4) is 0 Å². The van der Waals surface area contributed by atoms with Crippen LogP contribution in [0.25, 0.3) is 0 Å². The Morgan fingerprint density at radius 3 is 1.63 bits per heavy atom. The normalized spacial score (nSPS) is 10.4. The van der Waals surface area contributed by atoms with Crippen molar-refractivity contribution in [3.05, 3.63) is 0 Å². The van der Waals surface area contributed by atoms with Gasteiger partial charge in [-0.2, -0.15) is 0 Å². The average molecular weight is 272 g/mol. The number of carbonyl (C=O) groups is 2. The first-order valence-corrected chi connectivity index (χ1v) is 7.58. The highest BCUT2D eigenvalue weighted by atomic mass is 16.6. The molecule has 0 aromatic carbocycles. The molecule has 0 aromatic rings. The second-order valence-corrected chi connectivity index (χ2v) is 4.98. The lowest BCUT2D eigenvalue weighted by atomic mass is 10.1. The largest absolute Gasteiger partial charge is 0.473 e. The fraction of sp³-hybridized carbons (Fsp3) is 0.867. The van der Waals surface area contributed by atoms with E-state index in [1.165, 1.54) is 51.4 Å². The summed E-state index contributed by atoms with van der Waals surface area (Å²) >= 11 is 0. The number of unbranched alkanes of at least 4 members (excludes halogenated alkanes) is 10. The number of esters is 1. The SMILES string of the molecule is CCCCCCCCCCCCCOC(=O)C(=O)O. The smallest absolute Gasteiger partial charge is 0.417 e. The highest BCUT2D eigenvalue weighted by Gasteiger charge is 2.11. The zero-order valence-electron chi connectivity index (χ0n) is 12.2. The molecule has 0 aromatic heterocycles. The van der Waals surface area contributed by atoms with E-state index in [0.29, 0.717) is 0 Å². The van der Waals surface area contributed by atoms with Crippen LogP contribution in [0.15, 0.2) is 0 Å². The average Bonchev–Trinajstić information content (AvgIpc) is 2.39. The molecule has 1 N–H and O–H groups in total. The Morgan fingerprint density at radius 1 is 0.789 bits per heavy atom. The summed E-state index contributed by atoms with van der Waals surface area (Å²) in [5.74, 6) is -2.66. The van der Waals surface area contributed by atoms with Gasteiger partial charge in [-0.25, -0.2) is 9.59 Å². The fourth-order valence-electron chi connectivity index (χ4n) is 1.99. The van der Waals surface area contributed by atoms with E-state index in [1.807, 2.05) is 0 Å². The molecule has 0 fully saturated rings. The molecule has 0 aliphatic heterocycles. The van der Waals surface area contributed by atoms with Crippen LogP contribution >= 0.6 is 0 Å². The first-order valence-electron chi connectivity index (χ1n) is 7.58. The minimum atomic E-state index is -1.51. The van der Waals surface area contributed by atoms with Gasteiger partial charge in [0, 0.05) is 0 Å². The number of carbonyl (C=O) groups excluding carboxylic acids is 1. The Balaban J connectivity index is 3.07. The molecule has 0 rings (SSSR count). The van der Waals surface area contributed by atoms with Crippen LogP contribution in [0.4, 0.5) is 0 Å². The molecule has 0 aliphatic rings. The van der Waals surface area contributed by atoms with Gasteiger partial charge in [0.15, 0.2) is 0 Å². The molecule has 0 unspecified atom stereocenters. The molecule has 19 heavy (non-hydrogen) atoms. The Bertz CT molecular complexity index is 238. The van der Waals surface area contributed by atoms with Gasteiger partial charge in [-0.1, -0.05) is 71.1 Å². The quantitative estimate of drug-likeness (QED) is 0.332. The van der Waals surface area contributed by atoms with Crippen molar-refractivity contribution in [1.29, 1.82) is 0 Å². The van der Waals surface area contributed by atoms with Gasteiger partial charge >= 0.3 is 11.9 Å². The molecule has 112 valence electrons. The van der Waals surface area contributed by atoms with Crippen molar-refractivity contribution in [2.75, 3.05) is 6.61 Å². The van der Waals surface area contributed by atoms with Crippen molar-refractivity contribution in [2.45, 2.75) is 77.6 Å². The topological polar surface area (TPSA) is 63.6 Å². The Kier molecular flexibility index (Phi) is 12.6. The minimum absolute atomic E-state index is 0.224. The van der Waals surface area contributed by atoms with Crippen LogP contribution in [0.3, 0.4) is 0 Å². The number of aliphatic carboxylic acids is 1. The van der Waals surface area contributed by atoms with E-state index in [2.05, 4.69) is 11.7 Å². The van der Waals surface area contributed by atoms with Crippen LogP contribution in [0.1, 0.15) is 77.6 Å². The van der Waals surface area contributed by atoms with Crippen LogP contribution in [0.5, 0.6) is 0 Å². The van der Waals surface area contributed by atoms with Gasteiger partial charge in [-0.15, -0.1) is 0 Å². The number of ether oxygens (including phenoxy) is 1. The first-order chi connectivity index (χ1) is 9.18. The fourth-order valence-corrected chi connectivity index (χ4v) is 1.99. The highest BCUT2D eigenvalue weighted by molar-refractivity contribution is 6.28. The molecule has 0 spiro atoms. The van der Waals surface area contributed by atoms with Crippen LogP contribution in [-0.2, 0) is 14.3 Å². The summed E-state index contributed by atoms with van der Waals surface area (Å²) in [5, 5.41) is 8.28. The van der Waals surface area contributed by atoms with Gasteiger partial charge in [0.05, 0.1) is 6.61 Å². The minimum Gasteiger partial charge on any atom is -0.473 e. The van der Waals surface area contributed by atoms with E-state index in [0.717, 1.165) is 19.3 Å². The maximum atomic E-state index is 10.6. The predicted molar refractivity (Wildman–Crippen MR) is 75.1 cm³/mol. The number of rotatable bonds is 12. The van der Waals surface area contributed by atoms with Crippen molar-refractivity contribution >= 4 is 11.9 Å². The lowest BCUT2D eigenvalue weighted by Crippen LogP contribution is -2.16. The van der Waals surface area contributed by atoms with Crippen molar-refractivity contribution in [1.82, 2.24) is 0 Å². The van der Waals surface area contributed by atoms with Crippen LogP contribution in [-0.4, -0.2) is 23.7 Å². The lowest BCUT2D eigenvalue weighted by Gasteiger charge is -2.03. The van der Waals surface area contributed by atoms with E-state index >= 15 is 0 Å². The summed E-state index contributed by atoms with van der Waals surface area (Å²) in [6, 6.07) is 0. The summed E-state index contributed by atoms with van der Waals surface area (Å²) in [4.78, 5) is 20.8. The summed E-state index contributed by atoms with van der Waals surface area (Å²) in [6.45, 7) is 2.45. The van der Waals surface area contributed by atoms with Crippen LogP contribution in [0, 0.1) is 0 Å². The molecule has 0 atom stereocenters. The van der Waals surface area contributed by atoms with Gasteiger partial charge in [-0.3, -0.25) is 0 Å². The van der Waals surface area contributed by atoms with Crippen molar-refractivity contribution < 1.29 is 19.4 Å². The van der Waals surface area contributed by atoms with E-state index in [9.17, 15) is 9.59 Å². The number of carboxylic acids is 1. The van der Waals surface area contributed by atoms with Gasteiger partial charge < -0.3 is 9.84 Å². The monoisotopic (exact) mass is 272 g/mol. The van der Waals surface area contributed by atoms with E-state index < -0.39 is 11.9 Å². The maximum Gasteiger partial charge on any atom is 0.417 e. The molecule has 4 nitrogen and oxygen atoms in total. The first kappa shape index (κ1) is 17.9. The molecular weight excluding hydrogens is 244 g/mol. The molecule has 0 amide bonds. The zero-order chi connectivity index (χ0) is 14.3. The van der Waals surface area contributed by atoms with Crippen LogP contribution < -0.4 is 0 Å². The maximum absolute atomic E-state index is 10.6. The molecule has 0 heterocycles. The summed E-state index contributed by atoms with van der Waals surface area (Å²) in [6.07, 6.45) is 13.4. The molecule has 0 bridgehead atoms. The Hall–Kier alpha value is -1.06. The third-order valence-electron chi connectivity index (χ3n) is 3.16. The molecular formula is C15H28O4. The van der Waals surface area contributed by atoms with Gasteiger partial charge in [0.2, 0.25) is 0 Å². The molecule has 0 radical (unpaired) electrons. The lowest BCUT2D eigenvalue weighted by molar-refractivity contribution is -0.163. The number of carboxylic acid groups (broad SMARTS) is 1. The predicted octanol–water partition coefficient (Wildman–Crippen LogP) is 3.93. The third-order valence-corrected chi connectivity index (χ3v) is 3.16. The second kappa shape index (κ2) is 13.4. The Labute approximate surface area is 116 Å². The van der Waals surface area contributed by atoms with Gasteiger partial charge in [0.25, 0.3) is 0 Å². The van der Waals surface area contributed by atoms with Crippen LogP contribution in [0.2, 0.25) is 0 Å². The molecule has 0 saturated heterocycles. The highest BCUT2D eigenvalue weighted by Crippen LogP contribution is 2.11. The van der Waals surface area contributed by atoms with Crippen molar-refractivity contribution in [3.63, 3.8) is 0 Å². The summed E-state index contributed by atoms with van der Waals surface area (Å²) in [7, 11) is 0. The zero-order valence-corrected chi connectivity index (χ0v) is 12.2. The molecule has 0 saturated carbocycles. The standard InChI is InChI=1S/C15H28O4/c1-2-3-4-5-6-7-8-9-10-11-12-13-19-15(18)14(16)17/h2-13H2,1H3,(H,16,17). The second-order valence-electron chi connectivity index (χ2n) is 4.98. The van der Waals surface area contributed by atoms with Gasteiger partial charge in [0.1, 0.15) is 0 Å². The number of hydrogen-bond donors (Lipinski definition) is 1. The van der Waals surface area contributed by atoms with E-state index in [1.54, 1.807) is 0 Å². The summed E-state index contributed by atoms with van der Waals surface area (Å²) < 4.78 is 4.55.